The molecule has 0 aliphatic carbocycles. The van der Waals surface area contributed by atoms with Gasteiger partial charge in [0.1, 0.15) is 5.75 Å². The molecule has 2 N–H and O–H groups in total. The second-order valence-electron chi connectivity index (χ2n) is 6.36. The fraction of sp³-hybridized carbons (Fsp3) is 0.625. The third-order valence-electron chi connectivity index (χ3n) is 4.24. The van der Waals surface area contributed by atoms with E-state index in [4.69, 9.17) is 4.74 Å². The Morgan fingerprint density at radius 1 is 1.41 bits per heavy atom. The van der Waals surface area contributed by atoms with Gasteiger partial charge in [0, 0.05) is 18.7 Å². The number of sulfonamides is 1. The summed E-state index contributed by atoms with van der Waals surface area (Å²) < 4.78 is 33.0. The van der Waals surface area contributed by atoms with Crippen molar-refractivity contribution in [3.63, 3.8) is 0 Å². The van der Waals surface area contributed by atoms with Crippen molar-refractivity contribution in [2.24, 2.45) is 5.41 Å². The number of benzene rings is 1. The molecule has 1 saturated heterocycles. The van der Waals surface area contributed by atoms with Crippen LogP contribution in [0.15, 0.2) is 29.2 Å². The highest BCUT2D eigenvalue weighted by Crippen LogP contribution is 2.29. The molecule has 1 aliphatic heterocycles. The molecular formula is C16H26N2O3S. The molecule has 0 radical (unpaired) electrons. The fourth-order valence-corrected chi connectivity index (χ4v) is 3.88. The van der Waals surface area contributed by atoms with Crippen LogP contribution in [-0.2, 0) is 10.0 Å². The number of hydrogen-bond acceptors (Lipinski definition) is 4. The van der Waals surface area contributed by atoms with Crippen LogP contribution in [0.3, 0.4) is 0 Å². The number of nitrogens with one attached hydrogen (secondary N) is 2. The predicted octanol–water partition coefficient (Wildman–Crippen LogP) is 2.14. The Morgan fingerprint density at radius 2 is 2.18 bits per heavy atom. The average molecular weight is 326 g/mol. The summed E-state index contributed by atoms with van der Waals surface area (Å²) in [7, 11) is -3.52. The second-order valence-corrected chi connectivity index (χ2v) is 8.13. The van der Waals surface area contributed by atoms with Crippen LogP contribution in [0.1, 0.15) is 33.6 Å². The number of rotatable bonds is 6. The van der Waals surface area contributed by atoms with Crippen molar-refractivity contribution < 1.29 is 13.2 Å². The summed E-state index contributed by atoms with van der Waals surface area (Å²) in [5.41, 5.74) is 0.0912. The van der Waals surface area contributed by atoms with E-state index in [0.29, 0.717) is 18.9 Å². The Morgan fingerprint density at radius 3 is 2.86 bits per heavy atom. The molecule has 1 heterocycles. The number of ether oxygens (including phenoxy) is 1. The van der Waals surface area contributed by atoms with E-state index in [1.807, 2.05) is 6.92 Å². The standard InChI is InChI=1S/C16H26N2O3S/c1-4-21-13-7-5-8-14(11-13)22(19,20)18-12-15-16(2,3)9-6-10-17-15/h5,7-8,11,15,17-18H,4,6,9-10,12H2,1-3H3. The van der Waals surface area contributed by atoms with E-state index >= 15 is 0 Å². The monoisotopic (exact) mass is 326 g/mol. The first-order chi connectivity index (χ1) is 10.3. The van der Waals surface area contributed by atoms with E-state index in [0.717, 1.165) is 19.4 Å². The molecule has 0 saturated carbocycles. The minimum atomic E-state index is -3.52. The van der Waals surface area contributed by atoms with Gasteiger partial charge in [0.15, 0.2) is 0 Å². The molecule has 1 atom stereocenters. The molecule has 1 aromatic carbocycles. The number of piperidine rings is 1. The first kappa shape index (κ1) is 17.2. The van der Waals surface area contributed by atoms with E-state index in [1.165, 1.54) is 0 Å². The average Bonchev–Trinajstić information content (AvgIpc) is 2.46. The van der Waals surface area contributed by atoms with Gasteiger partial charge in [-0.25, -0.2) is 13.1 Å². The summed E-state index contributed by atoms with van der Waals surface area (Å²) in [6, 6.07) is 6.75. The largest absolute Gasteiger partial charge is 0.494 e. The molecule has 1 fully saturated rings. The molecule has 1 unspecified atom stereocenters. The van der Waals surface area contributed by atoms with Crippen LogP contribution in [0.4, 0.5) is 0 Å². The lowest BCUT2D eigenvalue weighted by Crippen LogP contribution is -2.52. The lowest BCUT2D eigenvalue weighted by Gasteiger charge is -2.39. The maximum atomic E-state index is 12.4. The molecule has 2 rings (SSSR count). The van der Waals surface area contributed by atoms with Gasteiger partial charge in [-0.1, -0.05) is 19.9 Å². The first-order valence-electron chi connectivity index (χ1n) is 7.81. The van der Waals surface area contributed by atoms with Crippen LogP contribution in [0.25, 0.3) is 0 Å². The van der Waals surface area contributed by atoms with Gasteiger partial charge in [0.25, 0.3) is 0 Å². The van der Waals surface area contributed by atoms with Gasteiger partial charge in [0.2, 0.25) is 10.0 Å². The molecule has 124 valence electrons. The Labute approximate surface area is 133 Å². The van der Waals surface area contributed by atoms with Crippen molar-refractivity contribution >= 4 is 10.0 Å². The quantitative estimate of drug-likeness (QED) is 0.840. The summed E-state index contributed by atoms with van der Waals surface area (Å²) >= 11 is 0. The first-order valence-corrected chi connectivity index (χ1v) is 9.29. The van der Waals surface area contributed by atoms with Gasteiger partial charge in [-0.3, -0.25) is 0 Å². The minimum Gasteiger partial charge on any atom is -0.494 e. The third kappa shape index (κ3) is 4.21. The lowest BCUT2D eigenvalue weighted by atomic mass is 9.78. The van der Waals surface area contributed by atoms with Crippen molar-refractivity contribution in [1.29, 1.82) is 0 Å². The maximum absolute atomic E-state index is 12.4. The fourth-order valence-electron chi connectivity index (χ4n) is 2.79. The van der Waals surface area contributed by atoms with Crippen molar-refractivity contribution in [1.82, 2.24) is 10.0 Å². The summed E-state index contributed by atoms with van der Waals surface area (Å²) in [5, 5.41) is 3.41. The second kappa shape index (κ2) is 6.98. The van der Waals surface area contributed by atoms with Gasteiger partial charge in [-0.05, 0) is 43.9 Å². The smallest absolute Gasteiger partial charge is 0.240 e. The highest BCUT2D eigenvalue weighted by Gasteiger charge is 2.32. The van der Waals surface area contributed by atoms with Crippen LogP contribution in [0, 0.1) is 5.41 Å². The maximum Gasteiger partial charge on any atom is 0.240 e. The molecule has 0 bridgehead atoms. The van der Waals surface area contributed by atoms with Gasteiger partial charge < -0.3 is 10.1 Å². The Kier molecular flexibility index (Phi) is 5.47. The zero-order valence-corrected chi connectivity index (χ0v) is 14.4. The molecule has 22 heavy (non-hydrogen) atoms. The lowest BCUT2D eigenvalue weighted by molar-refractivity contribution is 0.181. The molecule has 6 heteroatoms. The molecule has 1 aliphatic rings. The van der Waals surface area contributed by atoms with E-state index in [9.17, 15) is 8.42 Å². The number of hydrogen-bond donors (Lipinski definition) is 2. The SMILES string of the molecule is CCOc1cccc(S(=O)(=O)NCC2NCCCC2(C)C)c1. The van der Waals surface area contributed by atoms with Crippen LogP contribution >= 0.6 is 0 Å². The topological polar surface area (TPSA) is 67.4 Å². The summed E-state index contributed by atoms with van der Waals surface area (Å²) in [6.07, 6.45) is 2.23. The molecule has 0 aromatic heterocycles. The van der Waals surface area contributed by atoms with Crippen molar-refractivity contribution in [2.45, 2.75) is 44.6 Å². The molecular weight excluding hydrogens is 300 g/mol. The minimum absolute atomic E-state index is 0.0912. The van der Waals surface area contributed by atoms with E-state index in [2.05, 4.69) is 23.9 Å². The summed E-state index contributed by atoms with van der Waals surface area (Å²) in [5.74, 6) is 0.571. The zero-order valence-electron chi connectivity index (χ0n) is 13.6. The van der Waals surface area contributed by atoms with Crippen LogP contribution in [0.2, 0.25) is 0 Å². The molecule has 1 aromatic rings. The molecule has 0 spiro atoms. The van der Waals surface area contributed by atoms with Crippen molar-refractivity contribution in [3.05, 3.63) is 24.3 Å². The Bertz CT molecular complexity index is 599. The van der Waals surface area contributed by atoms with Crippen molar-refractivity contribution in [3.8, 4) is 5.75 Å². The van der Waals surface area contributed by atoms with E-state index < -0.39 is 10.0 Å². The highest BCUT2D eigenvalue weighted by molar-refractivity contribution is 7.89. The van der Waals surface area contributed by atoms with Crippen LogP contribution < -0.4 is 14.8 Å². The van der Waals surface area contributed by atoms with Gasteiger partial charge in [0.05, 0.1) is 11.5 Å². The Balaban J connectivity index is 2.06. The molecule has 5 nitrogen and oxygen atoms in total. The van der Waals surface area contributed by atoms with Crippen molar-refractivity contribution in [2.75, 3.05) is 19.7 Å². The highest BCUT2D eigenvalue weighted by atomic mass is 32.2. The summed E-state index contributed by atoms with van der Waals surface area (Å²) in [4.78, 5) is 0.243. The van der Waals surface area contributed by atoms with Gasteiger partial charge in [-0.2, -0.15) is 0 Å². The zero-order chi connectivity index (χ0) is 16.2. The van der Waals surface area contributed by atoms with E-state index in [1.54, 1.807) is 24.3 Å². The van der Waals surface area contributed by atoms with Gasteiger partial charge >= 0.3 is 0 Å². The predicted molar refractivity (Wildman–Crippen MR) is 87.6 cm³/mol. The molecule has 0 amide bonds. The van der Waals surface area contributed by atoms with Crippen LogP contribution in [0.5, 0.6) is 5.75 Å². The van der Waals surface area contributed by atoms with Gasteiger partial charge in [-0.15, -0.1) is 0 Å². The Hall–Kier alpha value is -1.11. The van der Waals surface area contributed by atoms with Crippen LogP contribution in [-0.4, -0.2) is 34.2 Å². The third-order valence-corrected chi connectivity index (χ3v) is 5.66. The van der Waals surface area contributed by atoms with E-state index in [-0.39, 0.29) is 16.4 Å². The normalized spacial score (nSPS) is 21.5. The summed E-state index contributed by atoms with van der Waals surface area (Å²) in [6.45, 7) is 8.07.